The molecule has 0 saturated heterocycles. The Morgan fingerprint density at radius 3 is 2.38 bits per heavy atom. The highest BCUT2D eigenvalue weighted by molar-refractivity contribution is 6.32. The van der Waals surface area contributed by atoms with Gasteiger partial charge in [-0.15, -0.1) is 0 Å². The number of rotatable bonds is 6. The largest absolute Gasteiger partial charge is 0.495 e. The van der Waals surface area contributed by atoms with E-state index in [-0.39, 0.29) is 6.54 Å². The number of hydrogen-bond acceptors (Lipinski definition) is 4. The zero-order chi connectivity index (χ0) is 16.0. The Hall–Kier alpha value is -1.83. The summed E-state index contributed by atoms with van der Waals surface area (Å²) >= 11 is 5.91. The van der Waals surface area contributed by atoms with Crippen molar-refractivity contribution in [1.82, 2.24) is 5.32 Å². The lowest BCUT2D eigenvalue weighted by atomic mass is 10.2. The highest BCUT2D eigenvalue weighted by Crippen LogP contribution is 2.35. The highest BCUT2D eigenvalue weighted by atomic mass is 35.5. The van der Waals surface area contributed by atoms with E-state index >= 15 is 0 Å². The smallest absolute Gasteiger partial charge is 0.405 e. The topological polar surface area (TPSA) is 59.6 Å². The summed E-state index contributed by atoms with van der Waals surface area (Å²) in [5, 5.41) is 4.71. The van der Waals surface area contributed by atoms with Crippen molar-refractivity contribution in [3.05, 3.63) is 17.2 Å². The molecule has 0 aliphatic carbocycles. The molecule has 118 valence electrons. The van der Waals surface area contributed by atoms with E-state index in [1.807, 2.05) is 0 Å². The molecular weight excluding hydrogens is 313 g/mol. The number of ether oxygens (including phenoxy) is 2. The minimum atomic E-state index is -4.45. The Kier molecular flexibility index (Phi) is 5.95. The minimum absolute atomic E-state index is 0.307. The van der Waals surface area contributed by atoms with Crippen molar-refractivity contribution >= 4 is 23.2 Å². The van der Waals surface area contributed by atoms with Crippen molar-refractivity contribution in [2.75, 3.05) is 32.6 Å². The number of hydrogen-bond donors (Lipinski definition) is 2. The van der Waals surface area contributed by atoms with Crippen LogP contribution in [0.15, 0.2) is 12.1 Å². The molecule has 1 aromatic carbocycles. The predicted octanol–water partition coefficient (Wildman–Crippen LogP) is 2.45. The van der Waals surface area contributed by atoms with Gasteiger partial charge in [0.25, 0.3) is 0 Å². The monoisotopic (exact) mass is 326 g/mol. The summed E-state index contributed by atoms with van der Waals surface area (Å²) in [7, 11) is 2.81. The number of amides is 1. The van der Waals surface area contributed by atoms with Crippen molar-refractivity contribution in [3.8, 4) is 11.5 Å². The highest BCUT2D eigenvalue weighted by Gasteiger charge is 2.27. The molecule has 0 atom stereocenters. The SMILES string of the molecule is COc1cc(NCC(=O)NCC(F)(F)F)c(OC)cc1Cl. The van der Waals surface area contributed by atoms with Gasteiger partial charge in [0.1, 0.15) is 18.0 Å². The molecule has 0 radical (unpaired) electrons. The van der Waals surface area contributed by atoms with E-state index in [9.17, 15) is 18.0 Å². The van der Waals surface area contributed by atoms with E-state index in [2.05, 4.69) is 5.32 Å². The first kappa shape index (κ1) is 17.2. The summed E-state index contributed by atoms with van der Waals surface area (Å²) in [5.74, 6) is -0.122. The molecule has 0 aliphatic heterocycles. The van der Waals surface area contributed by atoms with Crippen molar-refractivity contribution in [1.29, 1.82) is 0 Å². The van der Waals surface area contributed by atoms with Gasteiger partial charge in [0.05, 0.1) is 31.5 Å². The van der Waals surface area contributed by atoms with Gasteiger partial charge in [-0.05, 0) is 0 Å². The standard InChI is InChI=1S/C12H14ClF3N2O3/c1-20-9-4-8(10(21-2)3-7(9)13)17-5-11(19)18-6-12(14,15)16/h3-4,17H,5-6H2,1-2H3,(H,18,19). The number of carbonyl (C=O) groups excluding carboxylic acids is 1. The second kappa shape index (κ2) is 7.26. The van der Waals surface area contributed by atoms with Crippen LogP contribution in [0.4, 0.5) is 18.9 Å². The number of alkyl halides is 3. The number of nitrogens with one attached hydrogen (secondary N) is 2. The van der Waals surface area contributed by atoms with Gasteiger partial charge in [0.15, 0.2) is 0 Å². The molecule has 0 aliphatic rings. The molecule has 0 bridgehead atoms. The van der Waals surface area contributed by atoms with Crippen molar-refractivity contribution < 1.29 is 27.4 Å². The number of halogens is 4. The van der Waals surface area contributed by atoms with Crippen LogP contribution >= 0.6 is 11.6 Å². The van der Waals surface area contributed by atoms with Gasteiger partial charge < -0.3 is 20.1 Å². The molecule has 1 aromatic rings. The summed E-state index contributed by atoms with van der Waals surface area (Å²) in [6, 6.07) is 2.95. The molecule has 21 heavy (non-hydrogen) atoms. The van der Waals surface area contributed by atoms with Gasteiger partial charge in [0, 0.05) is 12.1 Å². The number of anilines is 1. The van der Waals surface area contributed by atoms with Crippen molar-refractivity contribution in [2.45, 2.75) is 6.18 Å². The van der Waals surface area contributed by atoms with Crippen LogP contribution in [0.3, 0.4) is 0 Å². The molecule has 1 amide bonds. The lowest BCUT2D eigenvalue weighted by molar-refractivity contribution is -0.137. The van der Waals surface area contributed by atoms with Crippen LogP contribution in [-0.2, 0) is 4.79 Å². The lowest BCUT2D eigenvalue weighted by Crippen LogP contribution is -2.37. The summed E-state index contributed by atoms with van der Waals surface area (Å²) in [6.07, 6.45) is -4.45. The van der Waals surface area contributed by atoms with Crippen LogP contribution in [0.25, 0.3) is 0 Å². The van der Waals surface area contributed by atoms with Gasteiger partial charge in [-0.1, -0.05) is 11.6 Å². The summed E-state index contributed by atoms with van der Waals surface area (Å²) in [6.45, 7) is -1.73. The molecule has 2 N–H and O–H groups in total. The van der Waals surface area contributed by atoms with Gasteiger partial charge in [0.2, 0.25) is 5.91 Å². The molecular formula is C12H14ClF3N2O3. The molecule has 9 heteroatoms. The first-order chi connectivity index (χ1) is 9.76. The molecule has 0 aromatic heterocycles. The quantitative estimate of drug-likeness (QED) is 0.843. The average molecular weight is 327 g/mol. The third-order valence-corrected chi connectivity index (χ3v) is 2.69. The van der Waals surface area contributed by atoms with Crippen LogP contribution in [-0.4, -0.2) is 39.4 Å². The molecule has 0 unspecified atom stereocenters. The zero-order valence-electron chi connectivity index (χ0n) is 11.3. The first-order valence-corrected chi connectivity index (χ1v) is 6.13. The summed E-state index contributed by atoms with van der Waals surface area (Å²) in [5.41, 5.74) is 0.376. The molecule has 0 fully saturated rings. The van der Waals surface area contributed by atoms with Crippen molar-refractivity contribution in [2.24, 2.45) is 0 Å². The zero-order valence-corrected chi connectivity index (χ0v) is 12.1. The van der Waals surface area contributed by atoms with Crippen LogP contribution in [0.1, 0.15) is 0 Å². The predicted molar refractivity (Wildman–Crippen MR) is 72.1 cm³/mol. The van der Waals surface area contributed by atoms with Gasteiger partial charge >= 0.3 is 6.18 Å². The molecule has 0 heterocycles. The maximum Gasteiger partial charge on any atom is 0.405 e. The maximum absolute atomic E-state index is 12.0. The Morgan fingerprint density at radius 1 is 1.24 bits per heavy atom. The first-order valence-electron chi connectivity index (χ1n) is 5.75. The Labute approximate surface area is 124 Å². The van der Waals surface area contributed by atoms with Crippen molar-refractivity contribution in [3.63, 3.8) is 0 Å². The fourth-order valence-electron chi connectivity index (χ4n) is 1.44. The minimum Gasteiger partial charge on any atom is -0.495 e. The Balaban J connectivity index is 2.68. The fraction of sp³-hybridized carbons (Fsp3) is 0.417. The summed E-state index contributed by atoms with van der Waals surface area (Å²) < 4.78 is 45.9. The molecule has 5 nitrogen and oxygen atoms in total. The Morgan fingerprint density at radius 2 is 1.86 bits per heavy atom. The second-order valence-corrected chi connectivity index (χ2v) is 4.34. The van der Waals surface area contributed by atoms with Gasteiger partial charge in [-0.25, -0.2) is 0 Å². The van der Waals surface area contributed by atoms with Crippen LogP contribution in [0.5, 0.6) is 11.5 Å². The normalized spacial score (nSPS) is 11.0. The lowest BCUT2D eigenvalue weighted by Gasteiger charge is -2.14. The summed E-state index contributed by atoms with van der Waals surface area (Å²) in [4.78, 5) is 11.3. The molecule has 0 spiro atoms. The van der Waals surface area contributed by atoms with Crippen LogP contribution in [0.2, 0.25) is 5.02 Å². The second-order valence-electron chi connectivity index (χ2n) is 3.93. The Bertz CT molecular complexity index is 509. The molecule has 1 rings (SSSR count). The third kappa shape index (κ3) is 5.58. The van der Waals surface area contributed by atoms with Gasteiger partial charge in [-0.2, -0.15) is 13.2 Å². The van der Waals surface area contributed by atoms with Crippen LogP contribution in [0, 0.1) is 0 Å². The van der Waals surface area contributed by atoms with E-state index in [0.717, 1.165) is 0 Å². The van der Waals surface area contributed by atoms with E-state index in [1.165, 1.54) is 26.4 Å². The third-order valence-electron chi connectivity index (χ3n) is 2.40. The fourth-order valence-corrected chi connectivity index (χ4v) is 1.67. The maximum atomic E-state index is 12.0. The van der Waals surface area contributed by atoms with E-state index in [1.54, 1.807) is 5.32 Å². The molecule has 0 saturated carbocycles. The van der Waals surface area contributed by atoms with Crippen LogP contribution < -0.4 is 20.1 Å². The van der Waals surface area contributed by atoms with E-state index < -0.39 is 18.6 Å². The number of carbonyl (C=O) groups is 1. The number of benzene rings is 1. The average Bonchev–Trinajstić information content (AvgIpc) is 2.42. The van der Waals surface area contributed by atoms with Gasteiger partial charge in [-0.3, -0.25) is 4.79 Å². The van der Waals surface area contributed by atoms with E-state index in [0.29, 0.717) is 22.2 Å². The number of methoxy groups -OCH3 is 2. The van der Waals surface area contributed by atoms with E-state index in [4.69, 9.17) is 21.1 Å².